The second-order valence-electron chi connectivity index (χ2n) is 7.63. The van der Waals surface area contributed by atoms with E-state index in [2.05, 4.69) is 5.32 Å². The van der Waals surface area contributed by atoms with E-state index in [9.17, 15) is 14.0 Å². The first kappa shape index (κ1) is 21.1. The molecular weight excluding hydrogens is 413 g/mol. The van der Waals surface area contributed by atoms with Crippen molar-refractivity contribution in [3.8, 4) is 0 Å². The van der Waals surface area contributed by atoms with Crippen LogP contribution in [0.25, 0.3) is 0 Å². The minimum absolute atomic E-state index is 0.123. The van der Waals surface area contributed by atoms with Gasteiger partial charge in [0.25, 0.3) is 0 Å². The van der Waals surface area contributed by atoms with Crippen molar-refractivity contribution in [3.63, 3.8) is 0 Å². The number of carbonyl (C=O) groups excluding carboxylic acids is 2. The molecule has 1 fully saturated rings. The lowest BCUT2D eigenvalue weighted by molar-refractivity contribution is -0.115. The zero-order valence-corrected chi connectivity index (χ0v) is 18.1. The van der Waals surface area contributed by atoms with E-state index in [1.165, 1.54) is 17.4 Å². The number of amides is 3. The van der Waals surface area contributed by atoms with Crippen molar-refractivity contribution in [2.75, 3.05) is 23.3 Å². The quantitative estimate of drug-likeness (QED) is 0.576. The molecule has 1 aliphatic rings. The third-order valence-electron chi connectivity index (χ3n) is 5.26. The smallest absolute Gasteiger partial charge is 0.324 e. The summed E-state index contributed by atoms with van der Waals surface area (Å²) in [5, 5.41) is 4.92. The Bertz CT molecular complexity index is 1080. The van der Waals surface area contributed by atoms with Gasteiger partial charge in [-0.05, 0) is 48.6 Å². The molecule has 3 amide bonds. The molecule has 0 atom stereocenters. The van der Waals surface area contributed by atoms with Crippen LogP contribution >= 0.6 is 11.3 Å². The average Bonchev–Trinajstić information content (AvgIpc) is 3.24. The highest BCUT2D eigenvalue weighted by Gasteiger charge is 2.29. The molecule has 0 unspecified atom stereocenters. The van der Waals surface area contributed by atoms with E-state index >= 15 is 0 Å². The van der Waals surface area contributed by atoms with Gasteiger partial charge in [0, 0.05) is 23.5 Å². The number of hydrogen-bond acceptors (Lipinski definition) is 3. The molecule has 4 rings (SSSR count). The highest BCUT2D eigenvalue weighted by Crippen LogP contribution is 2.31. The maximum absolute atomic E-state index is 14.1. The fourth-order valence-electron chi connectivity index (χ4n) is 3.74. The van der Waals surface area contributed by atoms with Crippen molar-refractivity contribution in [2.45, 2.75) is 26.3 Å². The zero-order chi connectivity index (χ0) is 21.8. The van der Waals surface area contributed by atoms with Gasteiger partial charge in [0.1, 0.15) is 5.82 Å². The highest BCUT2D eigenvalue weighted by molar-refractivity contribution is 7.10. The van der Waals surface area contributed by atoms with Gasteiger partial charge in [-0.2, -0.15) is 0 Å². The Morgan fingerprint density at radius 3 is 2.74 bits per heavy atom. The molecule has 1 aromatic heterocycles. The first-order chi connectivity index (χ1) is 15.0. The molecule has 0 aliphatic carbocycles. The van der Waals surface area contributed by atoms with E-state index in [-0.39, 0.29) is 24.3 Å². The van der Waals surface area contributed by atoms with Gasteiger partial charge in [-0.3, -0.25) is 9.69 Å². The summed E-state index contributed by atoms with van der Waals surface area (Å²) >= 11 is 1.54. The van der Waals surface area contributed by atoms with E-state index < -0.39 is 0 Å². The molecule has 3 aromatic rings. The number of rotatable bonds is 6. The van der Waals surface area contributed by atoms with Gasteiger partial charge < -0.3 is 10.2 Å². The van der Waals surface area contributed by atoms with Crippen LogP contribution in [-0.2, 0) is 17.8 Å². The number of nitrogens with one attached hydrogen (secondary N) is 1. The molecule has 5 nitrogen and oxygen atoms in total. The number of hydrogen-bond donors (Lipinski definition) is 1. The summed E-state index contributed by atoms with van der Waals surface area (Å²) in [4.78, 5) is 30.1. The molecule has 1 saturated heterocycles. The lowest BCUT2D eigenvalue weighted by Crippen LogP contribution is -2.49. The van der Waals surface area contributed by atoms with Crippen molar-refractivity contribution < 1.29 is 14.0 Å². The summed E-state index contributed by atoms with van der Waals surface area (Å²) in [5.74, 6) is -0.439. The normalized spacial score (nSPS) is 14.1. The number of aryl methyl sites for hydroxylation is 1. The molecular formula is C24H24FN3O2S. The lowest BCUT2D eigenvalue weighted by Gasteiger charge is -2.36. The van der Waals surface area contributed by atoms with Crippen LogP contribution in [0, 0.1) is 12.7 Å². The minimum Gasteiger partial charge on any atom is -0.324 e. The standard InChI is InChI=1S/C24H24FN3O2S/c1-17-9-10-22(21(14-17)26-23(29)15-19-7-4-13-31-19)28-12-5-11-27(24(28)30)16-18-6-2-3-8-20(18)25/h2-4,6-10,13-14H,5,11-12,15-16H2,1H3,(H,26,29). The Labute approximate surface area is 185 Å². The van der Waals surface area contributed by atoms with E-state index in [4.69, 9.17) is 0 Å². The van der Waals surface area contributed by atoms with Gasteiger partial charge in [0.15, 0.2) is 0 Å². The highest BCUT2D eigenvalue weighted by atomic mass is 32.1. The second-order valence-corrected chi connectivity index (χ2v) is 8.66. The van der Waals surface area contributed by atoms with Crippen LogP contribution in [-0.4, -0.2) is 29.9 Å². The van der Waals surface area contributed by atoms with Gasteiger partial charge in [0.2, 0.25) is 5.91 Å². The molecule has 2 aromatic carbocycles. The number of nitrogens with zero attached hydrogens (tertiary/aromatic N) is 2. The molecule has 31 heavy (non-hydrogen) atoms. The topological polar surface area (TPSA) is 52.6 Å². The number of thiophene rings is 1. The second kappa shape index (κ2) is 9.31. The van der Waals surface area contributed by atoms with E-state index in [0.29, 0.717) is 36.4 Å². The Morgan fingerprint density at radius 2 is 1.97 bits per heavy atom. The monoisotopic (exact) mass is 437 g/mol. The van der Waals surface area contributed by atoms with Crippen LogP contribution in [0.3, 0.4) is 0 Å². The Morgan fingerprint density at radius 1 is 1.13 bits per heavy atom. The number of benzene rings is 2. The summed E-state index contributed by atoms with van der Waals surface area (Å²) < 4.78 is 14.1. The van der Waals surface area contributed by atoms with E-state index in [1.807, 2.05) is 42.6 Å². The molecule has 2 heterocycles. The summed E-state index contributed by atoms with van der Waals surface area (Å²) in [6.07, 6.45) is 1.05. The van der Waals surface area contributed by atoms with Gasteiger partial charge >= 0.3 is 6.03 Å². The third-order valence-corrected chi connectivity index (χ3v) is 6.14. The molecule has 0 radical (unpaired) electrons. The van der Waals surface area contributed by atoms with Gasteiger partial charge in [-0.25, -0.2) is 9.18 Å². The first-order valence-electron chi connectivity index (χ1n) is 10.2. The van der Waals surface area contributed by atoms with Crippen molar-refractivity contribution in [1.82, 2.24) is 4.90 Å². The van der Waals surface area contributed by atoms with Crippen molar-refractivity contribution in [1.29, 1.82) is 0 Å². The van der Waals surface area contributed by atoms with Gasteiger partial charge in [0.05, 0.1) is 24.3 Å². The maximum atomic E-state index is 14.1. The lowest BCUT2D eigenvalue weighted by atomic mass is 10.1. The van der Waals surface area contributed by atoms with Crippen LogP contribution in [0.15, 0.2) is 60.0 Å². The maximum Gasteiger partial charge on any atom is 0.324 e. The molecule has 0 saturated carbocycles. The van der Waals surface area contributed by atoms with Gasteiger partial charge in [-0.1, -0.05) is 30.3 Å². The van der Waals surface area contributed by atoms with Crippen LogP contribution in [0.5, 0.6) is 0 Å². The molecule has 0 spiro atoms. The SMILES string of the molecule is Cc1ccc(N2CCCN(Cc3ccccc3F)C2=O)c(NC(=O)Cc2cccs2)c1. The summed E-state index contributed by atoms with van der Waals surface area (Å²) in [5.41, 5.74) is 2.75. The average molecular weight is 438 g/mol. The molecule has 1 aliphatic heterocycles. The van der Waals surface area contributed by atoms with Crippen molar-refractivity contribution in [2.24, 2.45) is 0 Å². The van der Waals surface area contributed by atoms with Crippen LogP contribution < -0.4 is 10.2 Å². The van der Waals surface area contributed by atoms with Crippen molar-refractivity contribution in [3.05, 3.63) is 81.8 Å². The molecule has 160 valence electrons. The fraction of sp³-hybridized carbons (Fsp3) is 0.250. The van der Waals surface area contributed by atoms with Crippen LogP contribution in [0.1, 0.15) is 22.4 Å². The molecule has 1 N–H and O–H groups in total. The Balaban J connectivity index is 1.54. The van der Waals surface area contributed by atoms with Crippen molar-refractivity contribution >= 4 is 34.6 Å². The van der Waals surface area contributed by atoms with Crippen LogP contribution in [0.4, 0.5) is 20.6 Å². The third kappa shape index (κ3) is 4.94. The number of anilines is 2. The van der Waals surface area contributed by atoms with Crippen LogP contribution in [0.2, 0.25) is 0 Å². The number of carbonyl (C=O) groups is 2. The largest absolute Gasteiger partial charge is 0.324 e. The summed E-state index contributed by atoms with van der Waals surface area (Å²) in [7, 11) is 0. The predicted octanol–water partition coefficient (Wildman–Crippen LogP) is 5.21. The Kier molecular flexibility index (Phi) is 6.32. The first-order valence-corrected chi connectivity index (χ1v) is 11.1. The fourth-order valence-corrected chi connectivity index (χ4v) is 4.44. The summed E-state index contributed by atoms with van der Waals surface area (Å²) in [6, 6.07) is 15.8. The minimum atomic E-state index is -0.315. The Hall–Kier alpha value is -3.19. The van der Waals surface area contributed by atoms with Gasteiger partial charge in [-0.15, -0.1) is 11.3 Å². The van der Waals surface area contributed by atoms with E-state index in [1.54, 1.807) is 28.0 Å². The predicted molar refractivity (Wildman–Crippen MR) is 122 cm³/mol. The number of urea groups is 1. The number of halogens is 1. The molecule has 7 heteroatoms. The van der Waals surface area contributed by atoms with E-state index in [0.717, 1.165) is 16.9 Å². The summed E-state index contributed by atoms with van der Waals surface area (Å²) in [6.45, 7) is 3.27. The molecule has 0 bridgehead atoms. The zero-order valence-electron chi connectivity index (χ0n) is 17.3.